The van der Waals surface area contributed by atoms with Crippen molar-refractivity contribution in [3.8, 4) is 5.75 Å². The van der Waals surface area contributed by atoms with E-state index in [1.165, 1.54) is 0 Å². The Morgan fingerprint density at radius 3 is 2.61 bits per heavy atom. The molecular formula is C15H19NO2. The highest BCUT2D eigenvalue weighted by Crippen LogP contribution is 2.25. The minimum Gasteiger partial charge on any atom is -0.488 e. The molecule has 0 unspecified atom stereocenters. The summed E-state index contributed by atoms with van der Waals surface area (Å²) in [6.45, 7) is 4.23. The second kappa shape index (κ2) is 5.36. The maximum atomic E-state index is 10.2. The van der Waals surface area contributed by atoms with Gasteiger partial charge < -0.3 is 9.84 Å². The fourth-order valence-electron chi connectivity index (χ4n) is 1.86. The molecule has 1 heterocycles. The summed E-state index contributed by atoms with van der Waals surface area (Å²) in [4.78, 5) is 4.33. The Labute approximate surface area is 107 Å². The highest BCUT2D eigenvalue weighted by Gasteiger charge is 2.23. The van der Waals surface area contributed by atoms with E-state index in [-0.39, 0.29) is 0 Å². The molecule has 0 fully saturated rings. The van der Waals surface area contributed by atoms with Crippen molar-refractivity contribution in [1.29, 1.82) is 0 Å². The number of pyridine rings is 1. The molecule has 0 aliphatic rings. The number of aromatic nitrogens is 1. The van der Waals surface area contributed by atoms with E-state index < -0.39 is 5.60 Å². The molecule has 1 N–H and O–H groups in total. The quantitative estimate of drug-likeness (QED) is 0.879. The topological polar surface area (TPSA) is 42.4 Å². The molecule has 3 heteroatoms. The molecule has 0 amide bonds. The molecular weight excluding hydrogens is 226 g/mol. The highest BCUT2D eigenvalue weighted by molar-refractivity contribution is 5.84. The van der Waals surface area contributed by atoms with Gasteiger partial charge in [-0.15, -0.1) is 0 Å². The minimum absolute atomic E-state index is 0.301. The van der Waals surface area contributed by atoms with E-state index >= 15 is 0 Å². The van der Waals surface area contributed by atoms with E-state index in [0.29, 0.717) is 19.4 Å². The predicted molar refractivity (Wildman–Crippen MR) is 72.8 cm³/mol. The van der Waals surface area contributed by atoms with Crippen LogP contribution in [0.3, 0.4) is 0 Å². The minimum atomic E-state index is -0.753. The zero-order valence-corrected chi connectivity index (χ0v) is 10.9. The molecule has 0 saturated carbocycles. The van der Waals surface area contributed by atoms with E-state index in [1.807, 2.05) is 44.2 Å². The van der Waals surface area contributed by atoms with Gasteiger partial charge in [-0.3, -0.25) is 4.98 Å². The maximum absolute atomic E-state index is 10.2. The van der Waals surface area contributed by atoms with Gasteiger partial charge in [-0.2, -0.15) is 0 Å². The first kappa shape index (κ1) is 12.8. The summed E-state index contributed by atoms with van der Waals surface area (Å²) in [6, 6.07) is 9.74. The number of nitrogens with zero attached hydrogens (tertiary/aromatic N) is 1. The van der Waals surface area contributed by atoms with Gasteiger partial charge in [-0.25, -0.2) is 0 Å². The van der Waals surface area contributed by atoms with E-state index in [2.05, 4.69) is 4.98 Å². The van der Waals surface area contributed by atoms with Crippen LogP contribution in [0.5, 0.6) is 5.75 Å². The summed E-state index contributed by atoms with van der Waals surface area (Å²) in [7, 11) is 0. The van der Waals surface area contributed by atoms with Crippen LogP contribution in [0.4, 0.5) is 0 Å². The van der Waals surface area contributed by atoms with Gasteiger partial charge in [0.2, 0.25) is 0 Å². The van der Waals surface area contributed by atoms with E-state index in [1.54, 1.807) is 6.20 Å². The van der Waals surface area contributed by atoms with Crippen molar-refractivity contribution >= 4 is 10.9 Å². The third-order valence-corrected chi connectivity index (χ3v) is 3.41. The monoisotopic (exact) mass is 245 g/mol. The summed E-state index contributed by atoms with van der Waals surface area (Å²) < 4.78 is 5.75. The lowest BCUT2D eigenvalue weighted by Crippen LogP contribution is -2.34. The fraction of sp³-hybridized carbons (Fsp3) is 0.400. The molecule has 0 aliphatic carbocycles. The molecule has 0 atom stereocenters. The van der Waals surface area contributed by atoms with Crippen LogP contribution >= 0.6 is 0 Å². The van der Waals surface area contributed by atoms with Gasteiger partial charge in [0.15, 0.2) is 0 Å². The van der Waals surface area contributed by atoms with Crippen molar-refractivity contribution < 1.29 is 9.84 Å². The molecule has 0 bridgehead atoms. The second-order valence-corrected chi connectivity index (χ2v) is 4.55. The lowest BCUT2D eigenvalue weighted by molar-refractivity contribution is -0.0109. The molecule has 1 aromatic carbocycles. The third kappa shape index (κ3) is 2.62. The maximum Gasteiger partial charge on any atom is 0.145 e. The Balaban J connectivity index is 2.22. The highest BCUT2D eigenvalue weighted by atomic mass is 16.5. The van der Waals surface area contributed by atoms with Crippen molar-refractivity contribution in [3.05, 3.63) is 36.5 Å². The van der Waals surface area contributed by atoms with Crippen LogP contribution in [0.1, 0.15) is 26.7 Å². The van der Waals surface area contributed by atoms with Crippen LogP contribution in [-0.4, -0.2) is 22.3 Å². The second-order valence-electron chi connectivity index (χ2n) is 4.55. The number of fused-ring (bicyclic) bond motifs is 1. The summed E-state index contributed by atoms with van der Waals surface area (Å²) in [5.74, 6) is 0.730. The summed E-state index contributed by atoms with van der Waals surface area (Å²) in [6.07, 6.45) is 3.12. The molecule has 0 saturated heterocycles. The van der Waals surface area contributed by atoms with Crippen LogP contribution in [0.25, 0.3) is 10.9 Å². The van der Waals surface area contributed by atoms with Gasteiger partial charge in [0.05, 0.1) is 5.60 Å². The van der Waals surface area contributed by atoms with Gasteiger partial charge in [-0.05, 0) is 25.0 Å². The number of benzene rings is 1. The number of ether oxygens (including phenoxy) is 1. The first-order valence-electron chi connectivity index (χ1n) is 6.37. The molecule has 18 heavy (non-hydrogen) atoms. The Morgan fingerprint density at radius 1 is 1.17 bits per heavy atom. The molecule has 0 spiro atoms. The number of rotatable bonds is 5. The van der Waals surface area contributed by atoms with E-state index in [9.17, 15) is 5.11 Å². The van der Waals surface area contributed by atoms with Crippen molar-refractivity contribution in [2.45, 2.75) is 32.3 Å². The Morgan fingerprint density at radius 2 is 1.89 bits per heavy atom. The average Bonchev–Trinajstić information content (AvgIpc) is 2.44. The number of para-hydroxylation sites is 1. The van der Waals surface area contributed by atoms with Crippen LogP contribution in [0.2, 0.25) is 0 Å². The number of hydrogen-bond donors (Lipinski definition) is 1. The van der Waals surface area contributed by atoms with Crippen LogP contribution in [0, 0.1) is 0 Å². The molecule has 0 aliphatic heterocycles. The van der Waals surface area contributed by atoms with E-state index in [4.69, 9.17) is 4.74 Å². The van der Waals surface area contributed by atoms with Gasteiger partial charge in [0.25, 0.3) is 0 Å². The molecule has 2 rings (SSSR count). The van der Waals surface area contributed by atoms with Gasteiger partial charge in [0, 0.05) is 11.6 Å². The lowest BCUT2D eigenvalue weighted by Gasteiger charge is -2.25. The Bertz CT molecular complexity index is 515. The van der Waals surface area contributed by atoms with Gasteiger partial charge in [-0.1, -0.05) is 32.0 Å². The largest absolute Gasteiger partial charge is 0.488 e. The molecule has 3 nitrogen and oxygen atoms in total. The van der Waals surface area contributed by atoms with Gasteiger partial charge >= 0.3 is 0 Å². The van der Waals surface area contributed by atoms with Crippen molar-refractivity contribution in [3.63, 3.8) is 0 Å². The Kier molecular flexibility index (Phi) is 3.82. The van der Waals surface area contributed by atoms with Crippen molar-refractivity contribution in [2.75, 3.05) is 6.61 Å². The average molecular weight is 245 g/mol. The number of hydrogen-bond acceptors (Lipinski definition) is 3. The van der Waals surface area contributed by atoms with Crippen molar-refractivity contribution in [2.24, 2.45) is 0 Å². The predicted octanol–water partition coefficient (Wildman–Crippen LogP) is 3.16. The first-order valence-corrected chi connectivity index (χ1v) is 6.37. The first-order chi connectivity index (χ1) is 8.68. The van der Waals surface area contributed by atoms with Crippen LogP contribution < -0.4 is 4.74 Å². The Hall–Kier alpha value is -1.61. The summed E-state index contributed by atoms with van der Waals surface area (Å²) in [5.41, 5.74) is 0.0892. The molecule has 2 aromatic rings. The van der Waals surface area contributed by atoms with E-state index in [0.717, 1.165) is 16.7 Å². The normalized spacial score (nSPS) is 11.7. The summed E-state index contributed by atoms with van der Waals surface area (Å²) in [5, 5.41) is 11.3. The third-order valence-electron chi connectivity index (χ3n) is 3.41. The molecule has 96 valence electrons. The number of aliphatic hydroxyl groups is 1. The van der Waals surface area contributed by atoms with Crippen LogP contribution in [0.15, 0.2) is 36.5 Å². The standard InChI is InChI=1S/C15H19NO2/c1-3-15(17,4-2)11-18-13-9-5-7-12-8-6-10-16-14(12)13/h5-10,17H,3-4,11H2,1-2H3. The van der Waals surface area contributed by atoms with Crippen molar-refractivity contribution in [1.82, 2.24) is 4.98 Å². The summed E-state index contributed by atoms with van der Waals surface area (Å²) >= 11 is 0. The molecule has 1 aromatic heterocycles. The van der Waals surface area contributed by atoms with Crippen LogP contribution in [-0.2, 0) is 0 Å². The zero-order valence-electron chi connectivity index (χ0n) is 10.9. The lowest BCUT2D eigenvalue weighted by atomic mass is 9.99. The zero-order chi connectivity index (χ0) is 13.0. The molecule has 0 radical (unpaired) electrons. The SMILES string of the molecule is CCC(O)(CC)COc1cccc2cccnc12. The smallest absolute Gasteiger partial charge is 0.145 e. The fourth-order valence-corrected chi connectivity index (χ4v) is 1.86. The van der Waals surface area contributed by atoms with Gasteiger partial charge in [0.1, 0.15) is 17.9 Å².